The Bertz CT molecular complexity index is 361. The lowest BCUT2D eigenvalue weighted by atomic mass is 10.1. The molecule has 0 aliphatic heterocycles. The molecule has 0 heterocycles. The maximum Gasteiger partial charge on any atom is 0.131 e. The normalized spacial score (nSPS) is 13.8. The van der Waals surface area contributed by atoms with Gasteiger partial charge in [-0.1, -0.05) is 6.07 Å². The fraction of sp³-hybridized carbons (Fsp3) is 0.500. The van der Waals surface area contributed by atoms with Crippen LogP contribution in [0.2, 0.25) is 0 Å². The van der Waals surface area contributed by atoms with E-state index in [0.717, 1.165) is 6.07 Å². The van der Waals surface area contributed by atoms with Crippen molar-refractivity contribution in [2.45, 2.75) is 32.4 Å². The van der Waals surface area contributed by atoms with E-state index in [9.17, 15) is 9.50 Å². The fourth-order valence-corrected chi connectivity index (χ4v) is 1.38. The van der Waals surface area contributed by atoms with Gasteiger partial charge in [0.1, 0.15) is 11.6 Å². The zero-order chi connectivity index (χ0) is 12.3. The van der Waals surface area contributed by atoms with Gasteiger partial charge in [0.15, 0.2) is 0 Å². The molecule has 0 bridgehead atoms. The number of aliphatic hydroxyl groups is 1. The highest BCUT2D eigenvalue weighted by Gasteiger charge is 2.16. The Hall–Kier alpha value is -1.13. The Balaban J connectivity index is 2.70. The predicted octanol–water partition coefficient (Wildman–Crippen LogP) is 1.95. The molecule has 1 aromatic carbocycles. The summed E-state index contributed by atoms with van der Waals surface area (Å²) in [6.07, 6.45) is 0. The highest BCUT2D eigenvalue weighted by molar-refractivity contribution is 5.29. The van der Waals surface area contributed by atoms with Crippen molar-refractivity contribution in [3.63, 3.8) is 0 Å². The van der Waals surface area contributed by atoms with Gasteiger partial charge in [0.25, 0.3) is 0 Å². The zero-order valence-electron chi connectivity index (χ0n) is 9.79. The summed E-state index contributed by atoms with van der Waals surface area (Å²) in [6, 6.07) is 3.84. The number of hydrogen-bond donors (Lipinski definition) is 3. The number of rotatable bonds is 4. The van der Waals surface area contributed by atoms with Crippen LogP contribution in [-0.4, -0.2) is 22.4 Å². The summed E-state index contributed by atoms with van der Waals surface area (Å²) in [5.74, 6) is -0.535. The van der Waals surface area contributed by atoms with E-state index in [1.165, 1.54) is 12.1 Å². The molecular formula is C12H18FNO2. The Morgan fingerprint density at radius 1 is 1.44 bits per heavy atom. The minimum atomic E-state index is -0.832. The van der Waals surface area contributed by atoms with Crippen LogP contribution in [0.25, 0.3) is 0 Å². The molecule has 1 rings (SSSR count). The molecule has 1 aromatic rings. The lowest BCUT2D eigenvalue weighted by molar-refractivity contribution is 0.0769. The number of phenols is 1. The van der Waals surface area contributed by atoms with E-state index < -0.39 is 11.4 Å². The number of halogens is 1. The highest BCUT2D eigenvalue weighted by Crippen LogP contribution is 2.21. The first kappa shape index (κ1) is 12.9. The highest BCUT2D eigenvalue weighted by atomic mass is 19.1. The van der Waals surface area contributed by atoms with Gasteiger partial charge in [0.05, 0.1) is 5.60 Å². The summed E-state index contributed by atoms with van der Waals surface area (Å²) in [4.78, 5) is 0. The summed E-state index contributed by atoms with van der Waals surface area (Å²) in [6.45, 7) is 5.54. The van der Waals surface area contributed by atoms with Crippen LogP contribution >= 0.6 is 0 Å². The van der Waals surface area contributed by atoms with E-state index >= 15 is 0 Å². The average Bonchev–Trinajstić information content (AvgIpc) is 2.13. The van der Waals surface area contributed by atoms with Crippen molar-refractivity contribution in [1.82, 2.24) is 5.32 Å². The van der Waals surface area contributed by atoms with Crippen molar-refractivity contribution in [2.24, 2.45) is 0 Å². The molecule has 4 heteroatoms. The maximum absolute atomic E-state index is 13.5. The third-order valence-electron chi connectivity index (χ3n) is 2.29. The largest absolute Gasteiger partial charge is 0.508 e. The van der Waals surface area contributed by atoms with E-state index in [2.05, 4.69) is 5.32 Å². The van der Waals surface area contributed by atoms with Crippen LogP contribution in [0, 0.1) is 5.82 Å². The van der Waals surface area contributed by atoms with Crippen LogP contribution in [0.1, 0.15) is 32.4 Å². The van der Waals surface area contributed by atoms with Crippen LogP contribution < -0.4 is 5.32 Å². The van der Waals surface area contributed by atoms with Gasteiger partial charge in [-0.25, -0.2) is 4.39 Å². The van der Waals surface area contributed by atoms with Crippen molar-refractivity contribution in [2.75, 3.05) is 6.54 Å². The molecule has 1 unspecified atom stereocenters. The smallest absolute Gasteiger partial charge is 0.131 e. The van der Waals surface area contributed by atoms with Gasteiger partial charge < -0.3 is 15.5 Å². The van der Waals surface area contributed by atoms with E-state index in [0.29, 0.717) is 12.1 Å². The summed E-state index contributed by atoms with van der Waals surface area (Å²) < 4.78 is 13.5. The van der Waals surface area contributed by atoms with E-state index in [1.54, 1.807) is 20.8 Å². The quantitative estimate of drug-likeness (QED) is 0.737. The Kier molecular flexibility index (Phi) is 3.88. The number of nitrogens with one attached hydrogen (secondary N) is 1. The lowest BCUT2D eigenvalue weighted by Gasteiger charge is -2.22. The first-order valence-corrected chi connectivity index (χ1v) is 5.24. The molecule has 0 aromatic heterocycles. The second-order valence-electron chi connectivity index (χ2n) is 4.62. The Labute approximate surface area is 94.9 Å². The molecule has 3 N–H and O–H groups in total. The van der Waals surface area contributed by atoms with E-state index in [1.807, 2.05) is 0 Å². The van der Waals surface area contributed by atoms with Crippen molar-refractivity contribution in [3.8, 4) is 5.75 Å². The summed E-state index contributed by atoms with van der Waals surface area (Å²) in [7, 11) is 0. The van der Waals surface area contributed by atoms with E-state index in [-0.39, 0.29) is 11.8 Å². The molecule has 0 radical (unpaired) electrons. The van der Waals surface area contributed by atoms with Gasteiger partial charge in [-0.15, -0.1) is 0 Å². The molecule has 90 valence electrons. The molecule has 0 saturated carbocycles. The fourth-order valence-electron chi connectivity index (χ4n) is 1.38. The second-order valence-corrected chi connectivity index (χ2v) is 4.62. The van der Waals surface area contributed by atoms with Crippen LogP contribution in [0.4, 0.5) is 4.39 Å². The van der Waals surface area contributed by atoms with Gasteiger partial charge in [0, 0.05) is 24.2 Å². The first-order chi connectivity index (χ1) is 7.29. The monoisotopic (exact) mass is 227 g/mol. The standard InChI is InChI=1S/C12H18FNO2/c1-8(14-7-12(2,3)16)10-5-4-9(15)6-11(10)13/h4-6,8,14-16H,7H2,1-3H3. The van der Waals surface area contributed by atoms with Crippen LogP contribution in [0.5, 0.6) is 5.75 Å². The number of phenolic OH excluding ortho intramolecular Hbond substituents is 1. The summed E-state index contributed by atoms with van der Waals surface area (Å²) in [5.41, 5.74) is -0.358. The van der Waals surface area contributed by atoms with E-state index in [4.69, 9.17) is 5.11 Å². The average molecular weight is 227 g/mol. The van der Waals surface area contributed by atoms with Crippen molar-refractivity contribution < 1.29 is 14.6 Å². The van der Waals surface area contributed by atoms with Crippen molar-refractivity contribution in [1.29, 1.82) is 0 Å². The second kappa shape index (κ2) is 4.80. The molecule has 0 saturated heterocycles. The molecular weight excluding hydrogens is 209 g/mol. The summed E-state index contributed by atoms with van der Waals surface area (Å²) in [5, 5.41) is 21.6. The van der Waals surface area contributed by atoms with Crippen LogP contribution in [0.3, 0.4) is 0 Å². The van der Waals surface area contributed by atoms with Crippen LogP contribution in [-0.2, 0) is 0 Å². The van der Waals surface area contributed by atoms with Gasteiger partial charge in [0.2, 0.25) is 0 Å². The van der Waals surface area contributed by atoms with Crippen molar-refractivity contribution >= 4 is 0 Å². The Morgan fingerprint density at radius 2 is 2.06 bits per heavy atom. The van der Waals surface area contributed by atoms with Gasteiger partial charge in [-0.05, 0) is 26.8 Å². The minimum Gasteiger partial charge on any atom is -0.508 e. The summed E-state index contributed by atoms with van der Waals surface area (Å²) >= 11 is 0. The molecule has 0 spiro atoms. The third-order valence-corrected chi connectivity index (χ3v) is 2.29. The third kappa shape index (κ3) is 3.79. The minimum absolute atomic E-state index is 0.0871. The van der Waals surface area contributed by atoms with Gasteiger partial charge >= 0.3 is 0 Å². The maximum atomic E-state index is 13.5. The Morgan fingerprint density at radius 3 is 2.56 bits per heavy atom. The first-order valence-electron chi connectivity index (χ1n) is 5.24. The molecule has 0 aliphatic rings. The lowest BCUT2D eigenvalue weighted by Crippen LogP contribution is -2.36. The molecule has 0 amide bonds. The SMILES string of the molecule is CC(NCC(C)(C)O)c1ccc(O)cc1F. The topological polar surface area (TPSA) is 52.5 Å². The van der Waals surface area contributed by atoms with Gasteiger partial charge in [-0.3, -0.25) is 0 Å². The van der Waals surface area contributed by atoms with Crippen molar-refractivity contribution in [3.05, 3.63) is 29.6 Å². The molecule has 0 aliphatic carbocycles. The molecule has 1 atom stereocenters. The number of hydrogen-bond acceptors (Lipinski definition) is 3. The number of benzene rings is 1. The zero-order valence-corrected chi connectivity index (χ0v) is 9.79. The molecule has 0 fully saturated rings. The van der Waals surface area contributed by atoms with Crippen LogP contribution in [0.15, 0.2) is 18.2 Å². The van der Waals surface area contributed by atoms with Gasteiger partial charge in [-0.2, -0.15) is 0 Å². The predicted molar refractivity (Wildman–Crippen MR) is 60.8 cm³/mol. The number of aromatic hydroxyl groups is 1. The molecule has 3 nitrogen and oxygen atoms in total. The molecule has 16 heavy (non-hydrogen) atoms.